The van der Waals surface area contributed by atoms with E-state index in [1.807, 2.05) is 42.5 Å². The monoisotopic (exact) mass is 275 g/mol. The minimum Gasteiger partial charge on any atom is -0.496 e. The van der Waals surface area contributed by atoms with Gasteiger partial charge in [0.25, 0.3) is 0 Å². The summed E-state index contributed by atoms with van der Waals surface area (Å²) >= 11 is 1.55. The molecule has 0 radical (unpaired) electrons. The molecule has 1 unspecified atom stereocenters. The summed E-state index contributed by atoms with van der Waals surface area (Å²) < 4.78 is 5.28. The molecule has 2 rings (SSSR count). The predicted molar refractivity (Wildman–Crippen MR) is 79.5 cm³/mol. The number of anilines is 1. The molecule has 0 fully saturated rings. The summed E-state index contributed by atoms with van der Waals surface area (Å²) in [5.74, 6) is 1.36. The van der Waals surface area contributed by atoms with Crippen molar-refractivity contribution in [3.63, 3.8) is 0 Å². The Morgan fingerprint density at radius 3 is 2.58 bits per heavy atom. The van der Waals surface area contributed by atoms with E-state index in [1.54, 1.807) is 24.9 Å². The number of hydrogen-bond donors (Lipinski definition) is 2. The Balaban J connectivity index is 2.04. The van der Waals surface area contributed by atoms with Crippen LogP contribution in [-0.4, -0.2) is 18.0 Å². The van der Waals surface area contributed by atoms with Crippen LogP contribution in [0.3, 0.4) is 0 Å². The molecule has 0 aromatic heterocycles. The second-order valence-corrected chi connectivity index (χ2v) is 5.17. The average molecular weight is 275 g/mol. The van der Waals surface area contributed by atoms with Crippen LogP contribution in [0.5, 0.6) is 5.75 Å². The molecule has 100 valence electrons. The van der Waals surface area contributed by atoms with Crippen molar-refractivity contribution in [2.45, 2.75) is 11.0 Å². The first kappa shape index (κ1) is 13.8. The number of benzene rings is 2. The first-order valence-corrected chi connectivity index (χ1v) is 6.99. The molecule has 2 aromatic carbocycles. The molecule has 0 aliphatic carbocycles. The van der Waals surface area contributed by atoms with E-state index in [0.717, 1.165) is 16.2 Å². The third kappa shape index (κ3) is 3.43. The van der Waals surface area contributed by atoms with Gasteiger partial charge in [-0.15, -0.1) is 11.8 Å². The highest BCUT2D eigenvalue weighted by Gasteiger charge is 2.12. The number of nitrogens with two attached hydrogens (primary N) is 1. The molecule has 0 bridgehead atoms. The molecular formula is C15H17NO2S. The first-order valence-electron chi connectivity index (χ1n) is 6.00. The Bertz CT molecular complexity index is 545. The van der Waals surface area contributed by atoms with Crippen LogP contribution in [0.25, 0.3) is 0 Å². The first-order chi connectivity index (χ1) is 9.22. The summed E-state index contributed by atoms with van der Waals surface area (Å²) in [6, 6.07) is 15.1. The Labute approximate surface area is 117 Å². The highest BCUT2D eigenvalue weighted by atomic mass is 32.2. The standard InChI is InChI=1S/C15H17NO2S/c1-18-14-8-4-5-9-15(14)19-10-13(17)11-6-2-3-7-12(11)16/h2-9,13,17H,10,16H2,1H3. The van der Waals surface area contributed by atoms with Crippen molar-refractivity contribution < 1.29 is 9.84 Å². The summed E-state index contributed by atoms with van der Waals surface area (Å²) in [5, 5.41) is 10.2. The van der Waals surface area contributed by atoms with Gasteiger partial charge in [-0.2, -0.15) is 0 Å². The Morgan fingerprint density at radius 2 is 1.84 bits per heavy atom. The van der Waals surface area contributed by atoms with Gasteiger partial charge in [0.15, 0.2) is 0 Å². The molecule has 3 nitrogen and oxygen atoms in total. The van der Waals surface area contributed by atoms with E-state index in [-0.39, 0.29) is 0 Å². The summed E-state index contributed by atoms with van der Waals surface area (Å²) in [7, 11) is 1.64. The molecule has 0 heterocycles. The fourth-order valence-electron chi connectivity index (χ4n) is 1.81. The zero-order valence-electron chi connectivity index (χ0n) is 10.7. The van der Waals surface area contributed by atoms with Gasteiger partial charge in [-0.05, 0) is 18.2 Å². The Morgan fingerprint density at radius 1 is 1.16 bits per heavy atom. The molecule has 0 saturated carbocycles. The molecule has 0 saturated heterocycles. The molecule has 0 aliphatic rings. The number of ether oxygens (including phenoxy) is 1. The minimum absolute atomic E-state index is 0.536. The number of para-hydroxylation sites is 2. The maximum atomic E-state index is 10.2. The predicted octanol–water partition coefficient (Wildman–Crippen LogP) is 3.10. The number of aliphatic hydroxyl groups excluding tert-OH is 1. The zero-order valence-corrected chi connectivity index (χ0v) is 11.6. The molecule has 4 heteroatoms. The fourth-order valence-corrected chi connectivity index (χ4v) is 2.80. The molecule has 19 heavy (non-hydrogen) atoms. The zero-order chi connectivity index (χ0) is 13.7. The van der Waals surface area contributed by atoms with Crippen molar-refractivity contribution >= 4 is 17.4 Å². The van der Waals surface area contributed by atoms with Crippen LogP contribution < -0.4 is 10.5 Å². The molecular weight excluding hydrogens is 258 g/mol. The molecule has 0 aliphatic heterocycles. The van der Waals surface area contributed by atoms with Crippen molar-refractivity contribution in [1.29, 1.82) is 0 Å². The lowest BCUT2D eigenvalue weighted by Crippen LogP contribution is -2.04. The molecule has 1 atom stereocenters. The highest BCUT2D eigenvalue weighted by molar-refractivity contribution is 7.99. The van der Waals surface area contributed by atoms with Gasteiger partial charge in [0.05, 0.1) is 13.2 Å². The van der Waals surface area contributed by atoms with Gasteiger partial charge in [0, 0.05) is 21.9 Å². The third-order valence-electron chi connectivity index (χ3n) is 2.82. The second kappa shape index (κ2) is 6.50. The van der Waals surface area contributed by atoms with Crippen LogP contribution in [0.2, 0.25) is 0 Å². The largest absolute Gasteiger partial charge is 0.496 e. The summed E-state index contributed by atoms with van der Waals surface area (Å²) in [6.45, 7) is 0. The molecule has 0 spiro atoms. The fraction of sp³-hybridized carbons (Fsp3) is 0.200. The van der Waals surface area contributed by atoms with Crippen molar-refractivity contribution in [3.8, 4) is 5.75 Å². The van der Waals surface area contributed by atoms with E-state index in [9.17, 15) is 5.11 Å². The lowest BCUT2D eigenvalue weighted by molar-refractivity contribution is 0.205. The number of rotatable bonds is 5. The lowest BCUT2D eigenvalue weighted by atomic mass is 10.1. The SMILES string of the molecule is COc1ccccc1SCC(O)c1ccccc1N. The lowest BCUT2D eigenvalue weighted by Gasteiger charge is -2.14. The summed E-state index contributed by atoms with van der Waals surface area (Å²) in [4.78, 5) is 1.01. The van der Waals surface area contributed by atoms with Crippen LogP contribution in [0.1, 0.15) is 11.7 Å². The van der Waals surface area contributed by atoms with Gasteiger partial charge >= 0.3 is 0 Å². The van der Waals surface area contributed by atoms with Crippen molar-refractivity contribution in [3.05, 3.63) is 54.1 Å². The smallest absolute Gasteiger partial charge is 0.132 e. The van der Waals surface area contributed by atoms with E-state index in [0.29, 0.717) is 11.4 Å². The van der Waals surface area contributed by atoms with Crippen LogP contribution in [0, 0.1) is 0 Å². The topological polar surface area (TPSA) is 55.5 Å². The van der Waals surface area contributed by atoms with Gasteiger partial charge in [-0.1, -0.05) is 30.3 Å². The maximum absolute atomic E-state index is 10.2. The second-order valence-electron chi connectivity index (χ2n) is 4.11. The van der Waals surface area contributed by atoms with Crippen LogP contribution in [0.15, 0.2) is 53.4 Å². The quantitative estimate of drug-likeness (QED) is 0.650. The molecule has 3 N–H and O–H groups in total. The van der Waals surface area contributed by atoms with Gasteiger partial charge < -0.3 is 15.6 Å². The Kier molecular flexibility index (Phi) is 4.71. The van der Waals surface area contributed by atoms with E-state index in [1.165, 1.54) is 0 Å². The minimum atomic E-state index is -0.587. The summed E-state index contributed by atoms with van der Waals surface area (Å²) in [6.07, 6.45) is -0.587. The van der Waals surface area contributed by atoms with Gasteiger partial charge in [0.1, 0.15) is 5.75 Å². The van der Waals surface area contributed by atoms with Crippen molar-refractivity contribution in [2.24, 2.45) is 0 Å². The third-order valence-corrected chi connectivity index (χ3v) is 3.95. The van der Waals surface area contributed by atoms with Crippen molar-refractivity contribution in [1.82, 2.24) is 0 Å². The maximum Gasteiger partial charge on any atom is 0.132 e. The van der Waals surface area contributed by atoms with Crippen LogP contribution >= 0.6 is 11.8 Å². The number of methoxy groups -OCH3 is 1. The average Bonchev–Trinajstić information content (AvgIpc) is 2.45. The normalized spacial score (nSPS) is 12.1. The van der Waals surface area contributed by atoms with Crippen LogP contribution in [-0.2, 0) is 0 Å². The van der Waals surface area contributed by atoms with E-state index >= 15 is 0 Å². The van der Waals surface area contributed by atoms with Gasteiger partial charge in [-0.25, -0.2) is 0 Å². The highest BCUT2D eigenvalue weighted by Crippen LogP contribution is 2.32. The van der Waals surface area contributed by atoms with Gasteiger partial charge in [0.2, 0.25) is 0 Å². The van der Waals surface area contributed by atoms with Gasteiger partial charge in [-0.3, -0.25) is 0 Å². The summed E-state index contributed by atoms with van der Waals surface area (Å²) in [5.41, 5.74) is 7.24. The Hall–Kier alpha value is -1.65. The van der Waals surface area contributed by atoms with E-state index < -0.39 is 6.10 Å². The number of hydrogen-bond acceptors (Lipinski definition) is 4. The van der Waals surface area contributed by atoms with Crippen molar-refractivity contribution in [2.75, 3.05) is 18.6 Å². The number of thioether (sulfide) groups is 1. The molecule has 0 amide bonds. The van der Waals surface area contributed by atoms with E-state index in [2.05, 4.69) is 0 Å². The molecule has 2 aromatic rings. The van der Waals surface area contributed by atoms with E-state index in [4.69, 9.17) is 10.5 Å². The number of aliphatic hydroxyl groups is 1. The van der Waals surface area contributed by atoms with Crippen LogP contribution in [0.4, 0.5) is 5.69 Å². The number of nitrogen functional groups attached to an aromatic ring is 1.